The number of hydrogen-bond acceptors (Lipinski definition) is 2. The minimum absolute atomic E-state index is 0.201. The van der Waals surface area contributed by atoms with Crippen molar-refractivity contribution in [3.63, 3.8) is 0 Å². The van der Waals surface area contributed by atoms with Gasteiger partial charge in [0.05, 0.1) is 0 Å². The Labute approximate surface area is 76.1 Å². The lowest BCUT2D eigenvalue weighted by Crippen LogP contribution is -2.23. The zero-order valence-electron chi connectivity index (χ0n) is 6.63. The molecule has 0 fully saturated rings. The van der Waals surface area contributed by atoms with Gasteiger partial charge in [0.25, 0.3) is 0 Å². The first kappa shape index (κ1) is 8.81. The molecule has 3 heteroatoms. The van der Waals surface area contributed by atoms with Crippen molar-refractivity contribution in [1.82, 2.24) is 3.93 Å². The third-order valence-corrected chi connectivity index (χ3v) is 2.32. The van der Waals surface area contributed by atoms with Crippen LogP contribution in [0.15, 0.2) is 23.9 Å². The van der Waals surface area contributed by atoms with Crippen LogP contribution in [-0.4, -0.2) is 16.5 Å². The molecule has 0 unspecified atom stereocenters. The molecule has 0 aliphatic carbocycles. The van der Waals surface area contributed by atoms with E-state index in [-0.39, 0.29) is 6.04 Å². The van der Waals surface area contributed by atoms with E-state index in [4.69, 9.17) is 5.73 Å². The van der Waals surface area contributed by atoms with Gasteiger partial charge in [-0.1, -0.05) is 13.0 Å². The summed E-state index contributed by atoms with van der Waals surface area (Å²) in [6.07, 6.45) is 7.18. The predicted octanol–water partition coefficient (Wildman–Crippen LogP) is 1.79. The quantitative estimate of drug-likeness (QED) is 0.714. The van der Waals surface area contributed by atoms with Crippen LogP contribution in [0.3, 0.4) is 0 Å². The summed E-state index contributed by atoms with van der Waals surface area (Å²) in [5.41, 5.74) is 7.08. The van der Waals surface area contributed by atoms with E-state index in [0.29, 0.717) is 0 Å². The second-order valence-electron chi connectivity index (χ2n) is 2.62. The van der Waals surface area contributed by atoms with Crippen LogP contribution in [0.25, 0.3) is 0 Å². The van der Waals surface area contributed by atoms with Crippen LogP contribution in [0, 0.1) is 0 Å². The Morgan fingerprint density at radius 1 is 1.82 bits per heavy atom. The minimum Gasteiger partial charge on any atom is -0.324 e. The fourth-order valence-corrected chi connectivity index (χ4v) is 1.26. The van der Waals surface area contributed by atoms with Gasteiger partial charge in [0, 0.05) is 34.9 Å². The van der Waals surface area contributed by atoms with E-state index < -0.39 is 0 Å². The van der Waals surface area contributed by atoms with E-state index in [0.717, 1.165) is 13.0 Å². The number of rotatable bonds is 2. The molecular formula is C8H13BrN2. The van der Waals surface area contributed by atoms with Gasteiger partial charge in [-0.2, -0.15) is 0 Å². The monoisotopic (exact) mass is 216 g/mol. The van der Waals surface area contributed by atoms with Crippen LogP contribution in [0.5, 0.6) is 0 Å². The van der Waals surface area contributed by atoms with E-state index in [2.05, 4.69) is 29.1 Å². The van der Waals surface area contributed by atoms with Crippen molar-refractivity contribution < 1.29 is 0 Å². The van der Waals surface area contributed by atoms with Gasteiger partial charge in [-0.15, -0.1) is 0 Å². The highest BCUT2D eigenvalue weighted by Crippen LogP contribution is 2.13. The van der Waals surface area contributed by atoms with Crippen LogP contribution in [0.2, 0.25) is 0 Å². The fraction of sp³-hybridized carbons (Fsp3) is 0.500. The van der Waals surface area contributed by atoms with Crippen molar-refractivity contribution in [3.05, 3.63) is 23.9 Å². The summed E-state index contributed by atoms with van der Waals surface area (Å²) in [6, 6.07) is 0.201. The Morgan fingerprint density at radius 3 is 3.00 bits per heavy atom. The Bertz CT molecular complexity index is 187. The molecule has 1 aliphatic rings. The van der Waals surface area contributed by atoms with E-state index in [1.54, 1.807) is 0 Å². The molecule has 0 radical (unpaired) electrons. The van der Waals surface area contributed by atoms with Gasteiger partial charge in [0.2, 0.25) is 0 Å². The molecule has 11 heavy (non-hydrogen) atoms. The molecule has 1 rings (SSSR count). The van der Waals surface area contributed by atoms with Crippen LogP contribution in [0.4, 0.5) is 0 Å². The molecule has 0 amide bonds. The van der Waals surface area contributed by atoms with Gasteiger partial charge in [0.15, 0.2) is 0 Å². The van der Waals surface area contributed by atoms with Crippen LogP contribution >= 0.6 is 16.1 Å². The van der Waals surface area contributed by atoms with E-state index in [9.17, 15) is 0 Å². The normalized spacial score (nSPS) is 19.9. The topological polar surface area (TPSA) is 29.3 Å². The van der Waals surface area contributed by atoms with Crippen molar-refractivity contribution in [2.45, 2.75) is 19.4 Å². The average Bonchev–Trinajstić information content (AvgIpc) is 2.05. The number of halogens is 1. The van der Waals surface area contributed by atoms with Gasteiger partial charge >= 0.3 is 0 Å². The Hall–Kier alpha value is -0.280. The lowest BCUT2D eigenvalue weighted by atomic mass is 10.0. The molecule has 1 atom stereocenters. The maximum Gasteiger partial charge on any atom is 0.0494 e. The van der Waals surface area contributed by atoms with Crippen molar-refractivity contribution in [2.75, 3.05) is 6.54 Å². The molecule has 62 valence electrons. The zero-order chi connectivity index (χ0) is 8.27. The molecule has 0 aromatic heterocycles. The fourth-order valence-electron chi connectivity index (χ4n) is 0.999. The third-order valence-electron chi connectivity index (χ3n) is 1.80. The van der Waals surface area contributed by atoms with E-state index >= 15 is 0 Å². The minimum atomic E-state index is 0.201. The second kappa shape index (κ2) is 3.93. The first-order chi connectivity index (χ1) is 5.24. The summed E-state index contributed by atoms with van der Waals surface area (Å²) >= 11 is 3.35. The van der Waals surface area contributed by atoms with Crippen molar-refractivity contribution in [1.29, 1.82) is 0 Å². The molecule has 1 aliphatic heterocycles. The molecule has 0 bridgehead atoms. The highest BCUT2D eigenvalue weighted by molar-refractivity contribution is 9.07. The number of hydrogen-bond donors (Lipinski definition) is 1. The maximum absolute atomic E-state index is 5.84. The Balaban J connectivity index is 2.55. The first-order valence-corrected chi connectivity index (χ1v) is 4.51. The summed E-state index contributed by atoms with van der Waals surface area (Å²) in [6.45, 7) is 3.00. The largest absolute Gasteiger partial charge is 0.324 e. The van der Waals surface area contributed by atoms with Gasteiger partial charge in [-0.25, -0.2) is 0 Å². The van der Waals surface area contributed by atoms with E-state index in [1.165, 1.54) is 5.57 Å². The van der Waals surface area contributed by atoms with Gasteiger partial charge < -0.3 is 9.66 Å². The third kappa shape index (κ3) is 2.34. The smallest absolute Gasteiger partial charge is 0.0494 e. The highest BCUT2D eigenvalue weighted by atomic mass is 79.9. The summed E-state index contributed by atoms with van der Waals surface area (Å²) < 4.78 is 1.94. The Morgan fingerprint density at radius 2 is 2.55 bits per heavy atom. The zero-order valence-corrected chi connectivity index (χ0v) is 8.21. The molecule has 2 nitrogen and oxygen atoms in total. The van der Waals surface area contributed by atoms with Gasteiger partial charge in [-0.05, 0) is 18.1 Å². The maximum atomic E-state index is 5.84. The number of nitrogens with two attached hydrogens (primary N) is 1. The number of nitrogens with zero attached hydrogens (tertiary/aromatic N) is 1. The second-order valence-corrected chi connectivity index (χ2v) is 3.53. The highest BCUT2D eigenvalue weighted by Gasteiger charge is 2.07. The summed E-state index contributed by atoms with van der Waals surface area (Å²) in [7, 11) is 0. The van der Waals surface area contributed by atoms with Crippen LogP contribution < -0.4 is 5.73 Å². The SMILES string of the molecule is CC[C@H](N)C1=CCN(Br)C=C1. The molecule has 0 saturated carbocycles. The standard InChI is InChI=1S/C8H13BrN2/c1-2-8(10)7-3-5-11(9)6-4-7/h3-5,8H,2,6,10H2,1H3/t8-/m0/s1. The van der Waals surface area contributed by atoms with E-state index in [1.807, 2.05) is 16.2 Å². The molecule has 0 spiro atoms. The summed E-state index contributed by atoms with van der Waals surface area (Å²) in [5, 5.41) is 0. The molecule has 2 N–H and O–H groups in total. The molecule has 0 aromatic rings. The molecule has 0 saturated heterocycles. The lowest BCUT2D eigenvalue weighted by molar-refractivity contribution is 0.679. The molecule has 0 aromatic carbocycles. The predicted molar refractivity (Wildman–Crippen MR) is 51.1 cm³/mol. The van der Waals surface area contributed by atoms with Crippen molar-refractivity contribution in [3.8, 4) is 0 Å². The van der Waals surface area contributed by atoms with Gasteiger partial charge in [-0.3, -0.25) is 0 Å². The summed E-state index contributed by atoms with van der Waals surface area (Å²) in [4.78, 5) is 0. The van der Waals surface area contributed by atoms with Gasteiger partial charge in [0.1, 0.15) is 0 Å². The average molecular weight is 217 g/mol. The van der Waals surface area contributed by atoms with Crippen LogP contribution in [-0.2, 0) is 0 Å². The van der Waals surface area contributed by atoms with Crippen molar-refractivity contribution in [2.24, 2.45) is 5.73 Å². The summed E-state index contributed by atoms with van der Waals surface area (Å²) in [5.74, 6) is 0. The van der Waals surface area contributed by atoms with Crippen LogP contribution in [0.1, 0.15) is 13.3 Å². The van der Waals surface area contributed by atoms with Crippen molar-refractivity contribution >= 4 is 16.1 Å². The molecular weight excluding hydrogens is 204 g/mol. The lowest BCUT2D eigenvalue weighted by Gasteiger charge is -2.18. The first-order valence-electron chi connectivity index (χ1n) is 3.80. The molecule has 1 heterocycles. The Kier molecular flexibility index (Phi) is 3.15.